The monoisotopic (exact) mass is 340 g/mol. The predicted molar refractivity (Wildman–Crippen MR) is 98.2 cm³/mol. The number of rotatable bonds is 17. The van der Waals surface area contributed by atoms with Gasteiger partial charge < -0.3 is 10.2 Å². The molecule has 0 aromatic heterocycles. The van der Waals surface area contributed by atoms with Gasteiger partial charge in [-0.15, -0.1) is 0 Å². The summed E-state index contributed by atoms with van der Waals surface area (Å²) >= 11 is 0. The molecule has 24 heavy (non-hydrogen) atoms. The zero-order valence-corrected chi connectivity index (χ0v) is 15.3. The Hall–Kier alpha value is -1.32. The van der Waals surface area contributed by atoms with Gasteiger partial charge in [0.25, 0.3) is 0 Å². The first-order valence-electron chi connectivity index (χ1n) is 9.67. The van der Waals surface area contributed by atoms with Crippen LogP contribution >= 0.6 is 0 Å². The molecular formula is C20H36O4. The van der Waals surface area contributed by atoms with Crippen LogP contribution in [0.1, 0.15) is 96.8 Å². The average molecular weight is 341 g/mol. The first-order valence-corrected chi connectivity index (χ1v) is 9.67. The molecule has 1 atom stereocenters. The molecule has 0 bridgehead atoms. The maximum absolute atomic E-state index is 10.9. The number of unbranched alkanes of at least 4 members (excludes halogenated alkanes) is 10. The Morgan fingerprint density at radius 3 is 1.79 bits per heavy atom. The van der Waals surface area contributed by atoms with Crippen LogP contribution in [0.25, 0.3) is 0 Å². The van der Waals surface area contributed by atoms with E-state index in [0.29, 0.717) is 6.42 Å². The number of aliphatic carboxylic acids is 2. The van der Waals surface area contributed by atoms with Crippen LogP contribution in [0.5, 0.6) is 0 Å². The lowest BCUT2D eigenvalue weighted by molar-refractivity contribution is -0.148. The number of hydrogen-bond acceptors (Lipinski definition) is 2. The zero-order valence-electron chi connectivity index (χ0n) is 15.3. The largest absolute Gasteiger partial charge is 0.481 e. The topological polar surface area (TPSA) is 74.6 Å². The minimum Gasteiger partial charge on any atom is -0.481 e. The van der Waals surface area contributed by atoms with Gasteiger partial charge in [0, 0.05) is 0 Å². The third kappa shape index (κ3) is 15.6. The van der Waals surface area contributed by atoms with Crippen molar-refractivity contribution in [3.63, 3.8) is 0 Å². The third-order valence-electron chi connectivity index (χ3n) is 4.33. The lowest BCUT2D eigenvalue weighted by Gasteiger charge is -2.09. The molecule has 0 spiro atoms. The summed E-state index contributed by atoms with van der Waals surface area (Å²) < 4.78 is 0. The second-order valence-corrected chi connectivity index (χ2v) is 6.65. The van der Waals surface area contributed by atoms with Crippen LogP contribution in [-0.4, -0.2) is 22.2 Å². The Morgan fingerprint density at radius 2 is 1.29 bits per heavy atom. The SMILES string of the molecule is CCCCCCCCC=CCCCCCCC(CC(=O)O)C(=O)O. The lowest BCUT2D eigenvalue weighted by atomic mass is 9.97. The van der Waals surface area contributed by atoms with Crippen LogP contribution in [0, 0.1) is 5.92 Å². The Labute approximate surface area is 147 Å². The van der Waals surface area contributed by atoms with Crippen molar-refractivity contribution in [3.8, 4) is 0 Å². The van der Waals surface area contributed by atoms with E-state index >= 15 is 0 Å². The van der Waals surface area contributed by atoms with Crippen LogP contribution < -0.4 is 0 Å². The number of carboxylic acids is 2. The van der Waals surface area contributed by atoms with Gasteiger partial charge in [0.05, 0.1) is 12.3 Å². The Kier molecular flexibility index (Phi) is 15.6. The first-order chi connectivity index (χ1) is 11.6. The van der Waals surface area contributed by atoms with Gasteiger partial charge in [-0.1, -0.05) is 70.4 Å². The fourth-order valence-electron chi connectivity index (χ4n) is 2.81. The third-order valence-corrected chi connectivity index (χ3v) is 4.33. The molecular weight excluding hydrogens is 304 g/mol. The molecule has 0 aromatic carbocycles. The van der Waals surface area contributed by atoms with Crippen molar-refractivity contribution in [1.29, 1.82) is 0 Å². The van der Waals surface area contributed by atoms with E-state index < -0.39 is 17.9 Å². The van der Waals surface area contributed by atoms with E-state index in [1.54, 1.807) is 0 Å². The van der Waals surface area contributed by atoms with Gasteiger partial charge in [-0.25, -0.2) is 0 Å². The molecule has 0 aromatic rings. The Balaban J connectivity index is 3.42. The van der Waals surface area contributed by atoms with Gasteiger partial charge in [0.2, 0.25) is 0 Å². The van der Waals surface area contributed by atoms with E-state index in [9.17, 15) is 9.59 Å². The summed E-state index contributed by atoms with van der Waals surface area (Å²) in [5.41, 5.74) is 0. The molecule has 140 valence electrons. The highest BCUT2D eigenvalue weighted by Gasteiger charge is 2.19. The Morgan fingerprint density at radius 1 is 0.792 bits per heavy atom. The van der Waals surface area contributed by atoms with Gasteiger partial charge in [-0.2, -0.15) is 0 Å². The van der Waals surface area contributed by atoms with Gasteiger partial charge in [-0.3, -0.25) is 9.59 Å². The fourth-order valence-corrected chi connectivity index (χ4v) is 2.81. The van der Waals surface area contributed by atoms with Crippen molar-refractivity contribution in [2.24, 2.45) is 5.92 Å². The molecule has 0 saturated carbocycles. The van der Waals surface area contributed by atoms with Crippen LogP contribution in [0.4, 0.5) is 0 Å². The standard InChI is InChI=1S/C20H36O4/c1-2-3-4-5-6-7-8-9-10-11-12-13-14-15-16-18(20(23)24)17-19(21)22/h9-10,18H,2-8,11-17H2,1H3,(H,21,22)(H,23,24). The number of carboxylic acid groups (broad SMARTS) is 2. The number of allylic oxidation sites excluding steroid dienone is 2. The second-order valence-electron chi connectivity index (χ2n) is 6.65. The quantitative estimate of drug-likeness (QED) is 0.259. The fraction of sp³-hybridized carbons (Fsp3) is 0.800. The number of carbonyl (C=O) groups is 2. The van der Waals surface area contributed by atoms with Crippen LogP contribution in [0.2, 0.25) is 0 Å². The summed E-state index contributed by atoms with van der Waals surface area (Å²) in [5, 5.41) is 17.6. The average Bonchev–Trinajstić information content (AvgIpc) is 2.53. The van der Waals surface area contributed by atoms with E-state index in [1.807, 2.05) is 0 Å². The molecule has 0 aliphatic rings. The smallest absolute Gasteiger partial charge is 0.307 e. The predicted octanol–water partition coefficient (Wildman–Crippen LogP) is 5.81. The summed E-state index contributed by atoms with van der Waals surface area (Å²) in [5.74, 6) is -2.76. The highest BCUT2D eigenvalue weighted by molar-refractivity contribution is 5.77. The van der Waals surface area contributed by atoms with Gasteiger partial charge in [-0.05, 0) is 32.1 Å². The molecule has 0 aliphatic carbocycles. The molecule has 0 saturated heterocycles. The minimum absolute atomic E-state index is 0.267. The molecule has 0 heterocycles. The lowest BCUT2D eigenvalue weighted by Crippen LogP contribution is -2.17. The number of hydrogen-bond donors (Lipinski definition) is 2. The van der Waals surface area contributed by atoms with Crippen molar-refractivity contribution in [2.75, 3.05) is 0 Å². The van der Waals surface area contributed by atoms with Gasteiger partial charge in [0.1, 0.15) is 0 Å². The van der Waals surface area contributed by atoms with Crippen molar-refractivity contribution in [1.82, 2.24) is 0 Å². The van der Waals surface area contributed by atoms with E-state index in [1.165, 1.54) is 44.9 Å². The summed E-state index contributed by atoms with van der Waals surface area (Å²) in [7, 11) is 0. The maximum Gasteiger partial charge on any atom is 0.307 e. The molecule has 0 radical (unpaired) electrons. The summed E-state index contributed by atoms with van der Waals surface area (Å²) in [6.45, 7) is 2.24. The summed E-state index contributed by atoms with van der Waals surface area (Å²) in [6.07, 6.45) is 19.0. The van der Waals surface area contributed by atoms with Crippen LogP contribution in [0.3, 0.4) is 0 Å². The van der Waals surface area contributed by atoms with Crippen LogP contribution in [0.15, 0.2) is 12.2 Å². The van der Waals surface area contributed by atoms with E-state index in [4.69, 9.17) is 10.2 Å². The normalized spacial score (nSPS) is 12.5. The summed E-state index contributed by atoms with van der Waals surface area (Å²) in [4.78, 5) is 21.5. The second kappa shape index (κ2) is 16.5. The van der Waals surface area contributed by atoms with Crippen LogP contribution in [-0.2, 0) is 9.59 Å². The van der Waals surface area contributed by atoms with Gasteiger partial charge >= 0.3 is 11.9 Å². The van der Waals surface area contributed by atoms with E-state index in [0.717, 1.165) is 32.1 Å². The van der Waals surface area contributed by atoms with Crippen molar-refractivity contribution >= 4 is 11.9 Å². The van der Waals surface area contributed by atoms with E-state index in [2.05, 4.69) is 19.1 Å². The molecule has 0 aliphatic heterocycles. The zero-order chi connectivity index (χ0) is 18.0. The molecule has 4 heteroatoms. The molecule has 4 nitrogen and oxygen atoms in total. The molecule has 1 unspecified atom stereocenters. The molecule has 0 amide bonds. The Bertz CT molecular complexity index is 350. The van der Waals surface area contributed by atoms with Gasteiger partial charge in [0.15, 0.2) is 0 Å². The molecule has 2 N–H and O–H groups in total. The highest BCUT2D eigenvalue weighted by Crippen LogP contribution is 2.15. The minimum atomic E-state index is -1.03. The van der Waals surface area contributed by atoms with Crippen molar-refractivity contribution < 1.29 is 19.8 Å². The maximum atomic E-state index is 10.9. The first kappa shape index (κ1) is 22.7. The van der Waals surface area contributed by atoms with Crippen molar-refractivity contribution in [3.05, 3.63) is 12.2 Å². The van der Waals surface area contributed by atoms with E-state index in [-0.39, 0.29) is 6.42 Å². The molecule has 0 rings (SSSR count). The highest BCUT2D eigenvalue weighted by atomic mass is 16.4. The molecule has 0 fully saturated rings. The summed E-state index contributed by atoms with van der Waals surface area (Å²) in [6, 6.07) is 0. The van der Waals surface area contributed by atoms with Crippen molar-refractivity contribution in [2.45, 2.75) is 96.8 Å².